The zero-order valence-electron chi connectivity index (χ0n) is 16.4. The maximum absolute atomic E-state index is 12.9. The number of carboxylic acid groups (broad SMARTS) is 1. The van der Waals surface area contributed by atoms with Crippen LogP contribution in [0.25, 0.3) is 0 Å². The number of benzene rings is 2. The summed E-state index contributed by atoms with van der Waals surface area (Å²) in [5, 5.41) is 14.7. The first-order valence-corrected chi connectivity index (χ1v) is 9.98. The molecule has 5 nitrogen and oxygen atoms in total. The second kappa shape index (κ2) is 8.09. The highest BCUT2D eigenvalue weighted by Gasteiger charge is 2.38. The average Bonchev–Trinajstić information content (AvgIpc) is 3.22. The molecule has 0 aromatic heterocycles. The van der Waals surface area contributed by atoms with Crippen molar-refractivity contribution in [2.75, 3.05) is 11.9 Å². The van der Waals surface area contributed by atoms with Crippen LogP contribution in [0, 0.1) is 5.92 Å². The molecular formula is C23H21F3N2O3. The van der Waals surface area contributed by atoms with E-state index in [2.05, 4.69) is 22.8 Å². The van der Waals surface area contributed by atoms with Crippen LogP contribution < -0.4 is 10.6 Å². The van der Waals surface area contributed by atoms with E-state index < -0.39 is 17.7 Å². The molecule has 1 heterocycles. The molecule has 0 radical (unpaired) electrons. The van der Waals surface area contributed by atoms with Gasteiger partial charge >= 0.3 is 12.1 Å². The number of nitrogens with one attached hydrogen (secondary N) is 2. The molecule has 2 aromatic rings. The lowest BCUT2D eigenvalue weighted by molar-refractivity contribution is -0.138. The number of carbonyl (C=O) groups is 2. The van der Waals surface area contributed by atoms with Crippen LogP contribution in [0.4, 0.5) is 18.9 Å². The van der Waals surface area contributed by atoms with Gasteiger partial charge in [0.1, 0.15) is 0 Å². The molecule has 0 bridgehead atoms. The third-order valence-electron chi connectivity index (χ3n) is 5.85. The molecule has 0 saturated heterocycles. The minimum Gasteiger partial charge on any atom is -0.481 e. The molecule has 1 amide bonds. The van der Waals surface area contributed by atoms with E-state index in [-0.39, 0.29) is 36.8 Å². The van der Waals surface area contributed by atoms with Crippen molar-refractivity contribution in [1.29, 1.82) is 0 Å². The highest BCUT2D eigenvalue weighted by molar-refractivity contribution is 5.95. The number of rotatable bonds is 5. The van der Waals surface area contributed by atoms with E-state index in [9.17, 15) is 22.8 Å². The van der Waals surface area contributed by atoms with Crippen LogP contribution in [0.5, 0.6) is 0 Å². The van der Waals surface area contributed by atoms with Gasteiger partial charge in [-0.25, -0.2) is 0 Å². The van der Waals surface area contributed by atoms with Crippen LogP contribution in [-0.2, 0) is 11.0 Å². The SMILES string of the molecule is O=C(O)CCNC(=O)c1ccc2c(c1)[C@@H]1C=CC[C@H]1[C@H](c1ccc(C(F)(F)F)cc1)N2. The molecule has 0 saturated carbocycles. The van der Waals surface area contributed by atoms with E-state index in [1.807, 2.05) is 0 Å². The maximum atomic E-state index is 12.9. The van der Waals surface area contributed by atoms with Gasteiger partial charge in [0.15, 0.2) is 0 Å². The number of carboxylic acids is 1. The number of halogens is 3. The van der Waals surface area contributed by atoms with E-state index in [4.69, 9.17) is 5.11 Å². The second-order valence-electron chi connectivity index (χ2n) is 7.80. The largest absolute Gasteiger partial charge is 0.481 e. The first-order valence-electron chi connectivity index (χ1n) is 9.98. The zero-order chi connectivity index (χ0) is 22.2. The van der Waals surface area contributed by atoms with Crippen LogP contribution in [0.1, 0.15) is 51.8 Å². The molecule has 162 valence electrons. The fraction of sp³-hybridized carbons (Fsp3) is 0.304. The number of hydrogen-bond acceptors (Lipinski definition) is 3. The molecule has 8 heteroatoms. The molecule has 31 heavy (non-hydrogen) atoms. The molecule has 3 N–H and O–H groups in total. The zero-order valence-corrected chi connectivity index (χ0v) is 16.4. The fourth-order valence-corrected chi connectivity index (χ4v) is 4.33. The Labute approximate surface area is 177 Å². The highest BCUT2D eigenvalue weighted by Crippen LogP contribution is 2.50. The van der Waals surface area contributed by atoms with E-state index in [1.54, 1.807) is 18.2 Å². The average molecular weight is 430 g/mol. The standard InChI is InChI=1S/C23H21F3N2O3/c24-23(25,26)15-7-4-13(5-8-15)21-17-3-1-2-16(17)18-12-14(6-9-19(18)28-21)22(31)27-11-10-20(29)30/h1-2,4-9,12,16-17,21,28H,3,10-11H2,(H,27,31)(H,29,30)/t16-,17-,21+/m1/s1. The Morgan fingerprint density at radius 2 is 1.87 bits per heavy atom. The smallest absolute Gasteiger partial charge is 0.416 e. The van der Waals surface area contributed by atoms with Crippen LogP contribution >= 0.6 is 0 Å². The van der Waals surface area contributed by atoms with Gasteiger partial charge in [0.05, 0.1) is 18.0 Å². The first-order chi connectivity index (χ1) is 14.7. The predicted molar refractivity (Wildman–Crippen MR) is 109 cm³/mol. The van der Waals surface area contributed by atoms with Crippen molar-refractivity contribution < 1.29 is 27.9 Å². The normalized spacial score (nSPS) is 21.7. The lowest BCUT2D eigenvalue weighted by atomic mass is 9.76. The van der Waals surface area contributed by atoms with E-state index in [1.165, 1.54) is 12.1 Å². The van der Waals surface area contributed by atoms with Crippen LogP contribution in [-0.4, -0.2) is 23.5 Å². The Hall–Kier alpha value is -3.29. The Morgan fingerprint density at radius 3 is 2.55 bits per heavy atom. The molecule has 1 aliphatic carbocycles. The lowest BCUT2D eigenvalue weighted by Gasteiger charge is -2.37. The maximum Gasteiger partial charge on any atom is 0.416 e. The van der Waals surface area contributed by atoms with Crippen molar-refractivity contribution in [2.24, 2.45) is 5.92 Å². The molecule has 1 aliphatic heterocycles. The molecule has 0 spiro atoms. The first kappa shape index (κ1) is 21.0. The number of anilines is 1. The van der Waals surface area contributed by atoms with Gasteiger partial charge in [0.2, 0.25) is 0 Å². The van der Waals surface area contributed by atoms with Gasteiger partial charge in [-0.05, 0) is 53.8 Å². The number of aliphatic carboxylic acids is 1. The number of carbonyl (C=O) groups excluding carboxylic acids is 1. The summed E-state index contributed by atoms with van der Waals surface area (Å²) in [5.41, 5.74) is 2.34. The Bertz CT molecular complexity index is 1030. The summed E-state index contributed by atoms with van der Waals surface area (Å²) in [6, 6.07) is 10.4. The van der Waals surface area contributed by atoms with Crippen molar-refractivity contribution in [3.63, 3.8) is 0 Å². The van der Waals surface area contributed by atoms with E-state index in [0.717, 1.165) is 35.4 Å². The minimum absolute atomic E-state index is 0.0373. The second-order valence-corrected chi connectivity index (χ2v) is 7.80. The quantitative estimate of drug-likeness (QED) is 0.599. The van der Waals surface area contributed by atoms with Gasteiger partial charge in [-0.3, -0.25) is 9.59 Å². The molecule has 4 rings (SSSR count). The number of amides is 1. The third-order valence-corrected chi connectivity index (χ3v) is 5.85. The highest BCUT2D eigenvalue weighted by atomic mass is 19.4. The summed E-state index contributed by atoms with van der Waals surface area (Å²) in [5.74, 6) is -1.17. The summed E-state index contributed by atoms with van der Waals surface area (Å²) >= 11 is 0. The molecular weight excluding hydrogens is 409 g/mol. The topological polar surface area (TPSA) is 78.4 Å². The van der Waals surface area contributed by atoms with E-state index >= 15 is 0 Å². The van der Waals surface area contributed by atoms with Crippen LogP contribution in [0.15, 0.2) is 54.6 Å². The van der Waals surface area contributed by atoms with Crippen molar-refractivity contribution in [1.82, 2.24) is 5.32 Å². The Kier molecular flexibility index (Phi) is 5.47. The number of allylic oxidation sites excluding steroid dienone is 2. The van der Waals surface area contributed by atoms with Gasteiger partial charge in [-0.2, -0.15) is 13.2 Å². The summed E-state index contributed by atoms with van der Waals surface area (Å²) in [7, 11) is 0. The van der Waals surface area contributed by atoms with Gasteiger partial charge in [-0.1, -0.05) is 24.3 Å². The number of fused-ring (bicyclic) bond motifs is 3. The molecule has 2 aliphatic rings. The van der Waals surface area contributed by atoms with Crippen molar-refractivity contribution >= 4 is 17.6 Å². The van der Waals surface area contributed by atoms with Crippen molar-refractivity contribution in [3.8, 4) is 0 Å². The Morgan fingerprint density at radius 1 is 1.13 bits per heavy atom. The van der Waals surface area contributed by atoms with Gasteiger partial charge < -0.3 is 15.7 Å². The van der Waals surface area contributed by atoms with Crippen molar-refractivity contribution in [3.05, 3.63) is 76.9 Å². The summed E-state index contributed by atoms with van der Waals surface area (Å²) in [4.78, 5) is 23.0. The minimum atomic E-state index is -4.37. The molecule has 3 atom stereocenters. The summed E-state index contributed by atoms with van der Waals surface area (Å²) in [6.45, 7) is 0.0471. The van der Waals surface area contributed by atoms with E-state index in [0.29, 0.717) is 5.56 Å². The number of hydrogen-bond donors (Lipinski definition) is 3. The van der Waals surface area contributed by atoms with Crippen LogP contribution in [0.2, 0.25) is 0 Å². The third kappa shape index (κ3) is 4.28. The summed E-state index contributed by atoms with van der Waals surface area (Å²) < 4.78 is 38.7. The van der Waals surface area contributed by atoms with Gasteiger partial charge in [-0.15, -0.1) is 0 Å². The van der Waals surface area contributed by atoms with Crippen LogP contribution in [0.3, 0.4) is 0 Å². The molecule has 2 aromatic carbocycles. The lowest BCUT2D eigenvalue weighted by Crippen LogP contribution is -2.30. The summed E-state index contributed by atoms with van der Waals surface area (Å²) in [6.07, 6.45) is 0.388. The predicted octanol–water partition coefficient (Wildman–Crippen LogP) is 4.74. The monoisotopic (exact) mass is 430 g/mol. The van der Waals surface area contributed by atoms with Gasteiger partial charge in [0, 0.05) is 23.7 Å². The van der Waals surface area contributed by atoms with Crippen molar-refractivity contribution in [2.45, 2.75) is 31.0 Å². The Balaban J connectivity index is 1.57. The van der Waals surface area contributed by atoms with Gasteiger partial charge in [0.25, 0.3) is 5.91 Å². The molecule has 0 unspecified atom stereocenters. The number of alkyl halides is 3. The molecule has 0 fully saturated rings. The fourth-order valence-electron chi connectivity index (χ4n) is 4.33.